The van der Waals surface area contributed by atoms with E-state index < -0.39 is 17.1 Å². The number of hydrogen-bond acceptors (Lipinski definition) is 7. The summed E-state index contributed by atoms with van der Waals surface area (Å²) in [5, 5.41) is 9.39. The lowest BCUT2D eigenvalue weighted by atomic mass is 10.1. The van der Waals surface area contributed by atoms with Gasteiger partial charge in [-0.2, -0.15) is 5.26 Å². The van der Waals surface area contributed by atoms with Crippen molar-refractivity contribution in [3.63, 3.8) is 0 Å². The number of hydrogen-bond donors (Lipinski definition) is 0. The molecule has 1 saturated carbocycles. The Kier molecular flexibility index (Phi) is 5.81. The van der Waals surface area contributed by atoms with Gasteiger partial charge in [0.05, 0.1) is 53.7 Å². The highest BCUT2D eigenvalue weighted by Crippen LogP contribution is 2.41. The van der Waals surface area contributed by atoms with Crippen molar-refractivity contribution in [2.75, 3.05) is 7.11 Å². The van der Waals surface area contributed by atoms with Crippen molar-refractivity contribution in [2.24, 2.45) is 7.05 Å². The van der Waals surface area contributed by atoms with Crippen LogP contribution in [0.5, 0.6) is 5.75 Å². The molecule has 0 aliphatic heterocycles. The summed E-state index contributed by atoms with van der Waals surface area (Å²) in [6, 6.07) is 6.33. The number of halogens is 2. The molecule has 1 aromatic carbocycles. The molecular weight excluding hydrogens is 531 g/mol. The van der Waals surface area contributed by atoms with Crippen LogP contribution in [0.3, 0.4) is 0 Å². The van der Waals surface area contributed by atoms with E-state index in [4.69, 9.17) is 21.3 Å². The van der Waals surface area contributed by atoms with Crippen LogP contribution in [-0.4, -0.2) is 30.8 Å². The third kappa shape index (κ3) is 3.71. The summed E-state index contributed by atoms with van der Waals surface area (Å²) in [4.78, 5) is 37.3. The van der Waals surface area contributed by atoms with Crippen molar-refractivity contribution in [3.05, 3.63) is 68.1 Å². The second-order valence-corrected chi connectivity index (χ2v) is 10.6. The van der Waals surface area contributed by atoms with Crippen molar-refractivity contribution in [1.29, 1.82) is 5.26 Å². The molecule has 0 bridgehead atoms. The SMILES string of the molecule is COc1cc(-c2cc3c(s2)c(=O)n(-c2cncc4nc(C5CC5)n(C)c24)c(=O)n3CCC#N)c(Cl)cc1F. The van der Waals surface area contributed by atoms with Crippen LogP contribution in [0.15, 0.2) is 40.2 Å². The summed E-state index contributed by atoms with van der Waals surface area (Å²) in [6.45, 7) is 0.0743. The average Bonchev–Trinajstić information content (AvgIpc) is 3.55. The van der Waals surface area contributed by atoms with E-state index in [-0.39, 0.29) is 23.7 Å². The van der Waals surface area contributed by atoms with Crippen LogP contribution in [0.4, 0.5) is 4.39 Å². The number of benzene rings is 1. The zero-order valence-electron chi connectivity index (χ0n) is 20.4. The molecule has 9 nitrogen and oxygen atoms in total. The number of fused-ring (bicyclic) bond motifs is 2. The topological polar surface area (TPSA) is 108 Å². The fourth-order valence-electron chi connectivity index (χ4n) is 4.79. The summed E-state index contributed by atoms with van der Waals surface area (Å²) < 4.78 is 24.0. The van der Waals surface area contributed by atoms with Crippen LogP contribution in [-0.2, 0) is 13.6 Å². The van der Waals surface area contributed by atoms with E-state index in [0.717, 1.165) is 40.6 Å². The first-order chi connectivity index (χ1) is 18.3. The van der Waals surface area contributed by atoms with Crippen molar-refractivity contribution < 1.29 is 9.13 Å². The van der Waals surface area contributed by atoms with Crippen LogP contribution in [0.25, 0.3) is 37.4 Å². The standard InChI is InChI=1S/C26H20ClFN6O3S/c1-32-22-17(31-24(32)13-4-5-13)11-30-12-19(22)34-25(35)23-18(33(26(34)36)7-3-6-29)10-21(38-23)14-8-20(37-2)16(28)9-15(14)27/h8-13H,3-5,7H2,1-2H3. The molecule has 1 fully saturated rings. The van der Waals surface area contributed by atoms with Crippen LogP contribution >= 0.6 is 22.9 Å². The predicted octanol–water partition coefficient (Wildman–Crippen LogP) is 4.75. The number of imidazole rings is 1. The Hall–Kier alpha value is -4.01. The van der Waals surface area contributed by atoms with Crippen molar-refractivity contribution in [3.8, 4) is 27.9 Å². The Morgan fingerprint density at radius 3 is 2.76 bits per heavy atom. The van der Waals surface area contributed by atoms with Gasteiger partial charge in [0, 0.05) is 30.0 Å². The van der Waals surface area contributed by atoms with Crippen LogP contribution in [0.2, 0.25) is 5.02 Å². The maximum atomic E-state index is 14.2. The Balaban J connectivity index is 1.65. The smallest absolute Gasteiger partial charge is 0.336 e. The van der Waals surface area contributed by atoms with Gasteiger partial charge in [-0.15, -0.1) is 11.3 Å². The molecule has 38 heavy (non-hydrogen) atoms. The normalized spacial score (nSPS) is 13.3. The molecule has 1 aliphatic rings. The van der Waals surface area contributed by atoms with E-state index in [1.807, 2.05) is 11.6 Å². The van der Waals surface area contributed by atoms with E-state index in [1.54, 1.807) is 12.3 Å². The van der Waals surface area contributed by atoms with Gasteiger partial charge in [0.2, 0.25) is 0 Å². The molecule has 0 amide bonds. The van der Waals surface area contributed by atoms with E-state index in [9.17, 15) is 19.2 Å². The maximum absolute atomic E-state index is 14.2. The molecular formula is C26H20ClFN6O3S. The molecule has 0 unspecified atom stereocenters. The Labute approximate surface area is 223 Å². The van der Waals surface area contributed by atoms with Gasteiger partial charge in [-0.25, -0.2) is 18.7 Å². The van der Waals surface area contributed by atoms with E-state index in [2.05, 4.69) is 11.1 Å². The fraction of sp³-hybridized carbons (Fsp3) is 0.269. The molecule has 1 aliphatic carbocycles. The van der Waals surface area contributed by atoms with Gasteiger partial charge < -0.3 is 9.30 Å². The molecule has 192 valence electrons. The van der Waals surface area contributed by atoms with Gasteiger partial charge in [-0.05, 0) is 31.0 Å². The van der Waals surface area contributed by atoms with Crippen molar-refractivity contribution >= 4 is 44.2 Å². The first-order valence-electron chi connectivity index (χ1n) is 11.8. The summed E-state index contributed by atoms with van der Waals surface area (Å²) >= 11 is 7.49. The highest BCUT2D eigenvalue weighted by molar-refractivity contribution is 7.22. The summed E-state index contributed by atoms with van der Waals surface area (Å²) in [5.74, 6) is 0.634. The lowest BCUT2D eigenvalue weighted by Crippen LogP contribution is -2.38. The van der Waals surface area contributed by atoms with E-state index >= 15 is 0 Å². The first kappa shape index (κ1) is 24.3. The van der Waals surface area contributed by atoms with Gasteiger partial charge in [-0.1, -0.05) is 11.6 Å². The highest BCUT2D eigenvalue weighted by atomic mass is 35.5. The Bertz CT molecular complexity index is 1930. The van der Waals surface area contributed by atoms with Gasteiger partial charge in [0.25, 0.3) is 5.56 Å². The minimum atomic E-state index is -0.613. The number of ether oxygens (including phenoxy) is 1. The zero-order chi connectivity index (χ0) is 26.7. The number of nitriles is 1. The Morgan fingerprint density at radius 1 is 1.26 bits per heavy atom. The predicted molar refractivity (Wildman–Crippen MR) is 143 cm³/mol. The molecule has 4 heterocycles. The zero-order valence-corrected chi connectivity index (χ0v) is 21.9. The molecule has 0 saturated heterocycles. The molecule has 6 rings (SSSR count). The molecule has 0 N–H and O–H groups in total. The van der Waals surface area contributed by atoms with Crippen LogP contribution in [0, 0.1) is 17.1 Å². The number of thiophene rings is 1. The molecule has 12 heteroatoms. The largest absolute Gasteiger partial charge is 0.494 e. The quantitative estimate of drug-likeness (QED) is 0.302. The second-order valence-electron chi connectivity index (χ2n) is 9.10. The number of pyridine rings is 1. The van der Waals surface area contributed by atoms with E-state index in [1.165, 1.54) is 23.9 Å². The second kappa shape index (κ2) is 9.08. The number of rotatable bonds is 6. The molecule has 5 aromatic rings. The minimum Gasteiger partial charge on any atom is -0.494 e. The monoisotopic (exact) mass is 550 g/mol. The third-order valence-corrected chi connectivity index (χ3v) is 8.21. The molecule has 4 aromatic heterocycles. The van der Waals surface area contributed by atoms with Gasteiger partial charge in [0.15, 0.2) is 11.6 Å². The fourth-order valence-corrected chi connectivity index (χ4v) is 6.22. The van der Waals surface area contributed by atoms with Crippen LogP contribution < -0.4 is 16.0 Å². The lowest BCUT2D eigenvalue weighted by molar-refractivity contribution is 0.387. The molecule has 0 atom stereocenters. The van der Waals surface area contributed by atoms with Crippen molar-refractivity contribution in [1.82, 2.24) is 23.7 Å². The number of aromatic nitrogens is 5. The van der Waals surface area contributed by atoms with Crippen molar-refractivity contribution in [2.45, 2.75) is 31.7 Å². The maximum Gasteiger partial charge on any atom is 0.336 e. The minimum absolute atomic E-state index is 0.00145. The van der Waals surface area contributed by atoms with Crippen LogP contribution in [0.1, 0.15) is 31.0 Å². The first-order valence-corrected chi connectivity index (χ1v) is 13.0. The highest BCUT2D eigenvalue weighted by Gasteiger charge is 2.30. The van der Waals surface area contributed by atoms with Gasteiger partial charge in [0.1, 0.15) is 16.0 Å². The molecule has 0 radical (unpaired) electrons. The number of aryl methyl sites for hydroxylation is 2. The van der Waals surface area contributed by atoms with Gasteiger partial charge >= 0.3 is 5.69 Å². The van der Waals surface area contributed by atoms with E-state index in [0.29, 0.717) is 43.3 Å². The summed E-state index contributed by atoms with van der Waals surface area (Å²) in [5.41, 5.74) is 1.27. The number of methoxy groups -OCH3 is 1. The number of nitrogens with zero attached hydrogens (tertiary/aromatic N) is 6. The molecule has 0 spiro atoms. The average molecular weight is 551 g/mol. The third-order valence-electron chi connectivity index (χ3n) is 6.75. The summed E-state index contributed by atoms with van der Waals surface area (Å²) in [6.07, 6.45) is 5.25. The van der Waals surface area contributed by atoms with Gasteiger partial charge in [-0.3, -0.25) is 14.3 Å². The summed E-state index contributed by atoms with van der Waals surface area (Å²) in [7, 11) is 3.22. The Morgan fingerprint density at radius 2 is 2.05 bits per heavy atom. The lowest BCUT2D eigenvalue weighted by Gasteiger charge is -2.12.